The minimum absolute atomic E-state index is 0.220. The van der Waals surface area contributed by atoms with Gasteiger partial charge in [-0.2, -0.15) is 0 Å². The molecule has 0 saturated heterocycles. The van der Waals surface area contributed by atoms with Crippen LogP contribution in [0.25, 0.3) is 10.6 Å². The first-order valence-electron chi connectivity index (χ1n) is 9.04. The Morgan fingerprint density at radius 1 is 1.18 bits per heavy atom. The van der Waals surface area contributed by atoms with E-state index in [1.807, 2.05) is 53.9 Å². The Morgan fingerprint density at radius 3 is 2.75 bits per heavy atom. The summed E-state index contributed by atoms with van der Waals surface area (Å²) in [6.45, 7) is 0.499. The number of rotatable bonds is 5. The number of nitrogens with one attached hydrogen (secondary N) is 2. The third kappa shape index (κ3) is 3.61. The number of anilines is 1. The molecule has 0 radical (unpaired) electrons. The van der Waals surface area contributed by atoms with Gasteiger partial charge >= 0.3 is 0 Å². The number of likely N-dealkylation sites (N-methyl/N-ethyl adjacent to an activating group) is 1. The van der Waals surface area contributed by atoms with Crippen molar-refractivity contribution in [1.82, 2.24) is 15.2 Å². The van der Waals surface area contributed by atoms with Crippen LogP contribution >= 0.6 is 11.3 Å². The van der Waals surface area contributed by atoms with Gasteiger partial charge in [-0.15, -0.1) is 11.3 Å². The molecule has 1 aliphatic rings. The van der Waals surface area contributed by atoms with E-state index < -0.39 is 6.17 Å². The van der Waals surface area contributed by atoms with Crippen molar-refractivity contribution in [2.24, 2.45) is 0 Å². The number of hydrogen-bond donors (Lipinski definition) is 2. The van der Waals surface area contributed by atoms with Gasteiger partial charge in [0.05, 0.1) is 16.1 Å². The molecule has 1 aliphatic heterocycles. The number of carbonyl (C=O) groups is 2. The summed E-state index contributed by atoms with van der Waals surface area (Å²) in [5.74, 6) is -0.0276. The summed E-state index contributed by atoms with van der Waals surface area (Å²) in [6.07, 6.45) is -0.0595. The number of amides is 2. The lowest BCUT2D eigenvalue weighted by Crippen LogP contribution is -2.55. The molecule has 4 rings (SSSR count). The van der Waals surface area contributed by atoms with Crippen molar-refractivity contribution in [3.8, 4) is 10.6 Å². The maximum Gasteiger partial charge on any atom is 0.263 e. The Balaban J connectivity index is 1.48. The van der Waals surface area contributed by atoms with E-state index in [-0.39, 0.29) is 11.8 Å². The molecule has 28 heavy (non-hydrogen) atoms. The summed E-state index contributed by atoms with van der Waals surface area (Å²) in [5, 5.41) is 8.00. The van der Waals surface area contributed by atoms with Crippen molar-refractivity contribution in [1.29, 1.82) is 0 Å². The van der Waals surface area contributed by atoms with E-state index in [1.165, 1.54) is 4.90 Å². The summed E-state index contributed by atoms with van der Waals surface area (Å²) < 4.78 is 0. The molecule has 0 saturated carbocycles. The van der Waals surface area contributed by atoms with Crippen molar-refractivity contribution in [3.63, 3.8) is 0 Å². The van der Waals surface area contributed by atoms with E-state index in [4.69, 9.17) is 0 Å². The SMILES string of the molecule is CN1C(=O)c2ccc(-c3cccs3)nc2NC1C(=O)NCCc1ccccc1. The highest BCUT2D eigenvalue weighted by Gasteiger charge is 2.34. The number of thiophene rings is 1. The number of fused-ring (bicyclic) bond motifs is 1. The molecular weight excluding hydrogens is 372 g/mol. The first-order valence-corrected chi connectivity index (χ1v) is 9.92. The highest BCUT2D eigenvalue weighted by atomic mass is 32.1. The van der Waals surface area contributed by atoms with Gasteiger partial charge in [0.2, 0.25) is 0 Å². The molecule has 7 heteroatoms. The lowest BCUT2D eigenvalue weighted by atomic mass is 10.1. The van der Waals surface area contributed by atoms with Crippen LogP contribution in [0, 0.1) is 0 Å². The van der Waals surface area contributed by atoms with E-state index >= 15 is 0 Å². The van der Waals surface area contributed by atoms with Crippen LogP contribution in [0.1, 0.15) is 15.9 Å². The van der Waals surface area contributed by atoms with Gasteiger partial charge in [0.15, 0.2) is 6.17 Å². The Morgan fingerprint density at radius 2 is 2.00 bits per heavy atom. The van der Waals surface area contributed by atoms with Crippen molar-refractivity contribution in [3.05, 3.63) is 71.1 Å². The van der Waals surface area contributed by atoms with E-state index in [9.17, 15) is 9.59 Å². The van der Waals surface area contributed by atoms with E-state index in [0.29, 0.717) is 17.9 Å². The second-order valence-electron chi connectivity index (χ2n) is 6.56. The average Bonchev–Trinajstić information content (AvgIpc) is 3.26. The van der Waals surface area contributed by atoms with E-state index in [1.54, 1.807) is 24.5 Å². The number of carbonyl (C=O) groups excluding carboxylic acids is 2. The van der Waals surface area contributed by atoms with Crippen LogP contribution in [0.5, 0.6) is 0 Å². The third-order valence-corrected chi connectivity index (χ3v) is 5.58. The van der Waals surface area contributed by atoms with Crippen molar-refractivity contribution in [2.45, 2.75) is 12.6 Å². The number of benzene rings is 1. The molecular formula is C21H20N4O2S. The van der Waals surface area contributed by atoms with Gasteiger partial charge in [-0.1, -0.05) is 36.4 Å². The molecule has 0 spiro atoms. The molecule has 1 atom stereocenters. The molecule has 2 amide bonds. The van der Waals surface area contributed by atoms with Crippen LogP contribution in [0.4, 0.5) is 5.82 Å². The van der Waals surface area contributed by atoms with E-state index in [2.05, 4.69) is 15.6 Å². The fourth-order valence-corrected chi connectivity index (χ4v) is 3.84. The molecule has 0 aliphatic carbocycles. The summed E-state index contributed by atoms with van der Waals surface area (Å²) in [7, 11) is 1.62. The smallest absolute Gasteiger partial charge is 0.263 e. The maximum absolute atomic E-state index is 12.7. The highest BCUT2D eigenvalue weighted by molar-refractivity contribution is 7.13. The fourth-order valence-electron chi connectivity index (χ4n) is 3.15. The zero-order valence-electron chi connectivity index (χ0n) is 15.4. The number of pyridine rings is 1. The second-order valence-corrected chi connectivity index (χ2v) is 7.51. The number of hydrogen-bond acceptors (Lipinski definition) is 5. The van der Waals surface area contributed by atoms with Crippen LogP contribution in [0.15, 0.2) is 60.0 Å². The molecule has 1 aromatic carbocycles. The highest BCUT2D eigenvalue weighted by Crippen LogP contribution is 2.29. The van der Waals surface area contributed by atoms with Gasteiger partial charge in [-0.05, 0) is 35.6 Å². The van der Waals surface area contributed by atoms with Crippen LogP contribution in [-0.2, 0) is 11.2 Å². The predicted molar refractivity (Wildman–Crippen MR) is 110 cm³/mol. The maximum atomic E-state index is 12.7. The first kappa shape index (κ1) is 18.2. The molecule has 142 valence electrons. The van der Waals surface area contributed by atoms with Gasteiger partial charge in [0, 0.05) is 13.6 Å². The number of nitrogens with zero attached hydrogens (tertiary/aromatic N) is 2. The van der Waals surface area contributed by atoms with Crippen LogP contribution in [0.3, 0.4) is 0 Å². The zero-order valence-corrected chi connectivity index (χ0v) is 16.2. The third-order valence-electron chi connectivity index (χ3n) is 4.68. The zero-order chi connectivity index (χ0) is 19.5. The van der Waals surface area contributed by atoms with Crippen LogP contribution < -0.4 is 10.6 Å². The minimum atomic E-state index is -0.790. The summed E-state index contributed by atoms with van der Waals surface area (Å²) >= 11 is 1.58. The molecule has 3 aromatic rings. The summed E-state index contributed by atoms with van der Waals surface area (Å²) in [5.41, 5.74) is 2.40. The monoisotopic (exact) mass is 392 g/mol. The molecule has 2 N–H and O–H groups in total. The quantitative estimate of drug-likeness (QED) is 0.700. The first-order chi connectivity index (χ1) is 13.6. The predicted octanol–water partition coefficient (Wildman–Crippen LogP) is 2.99. The average molecular weight is 392 g/mol. The van der Waals surface area contributed by atoms with Crippen molar-refractivity contribution in [2.75, 3.05) is 18.9 Å². The second kappa shape index (κ2) is 7.82. The van der Waals surface area contributed by atoms with Crippen LogP contribution in [0.2, 0.25) is 0 Å². The Labute approximate surface area is 167 Å². The topological polar surface area (TPSA) is 74.3 Å². The number of aromatic nitrogens is 1. The largest absolute Gasteiger partial charge is 0.352 e. The Hall–Kier alpha value is -3.19. The van der Waals surface area contributed by atoms with E-state index in [0.717, 1.165) is 22.6 Å². The van der Waals surface area contributed by atoms with Gasteiger partial charge in [-0.3, -0.25) is 9.59 Å². The van der Waals surface area contributed by atoms with Gasteiger partial charge in [-0.25, -0.2) is 4.98 Å². The Kier molecular flexibility index (Phi) is 5.08. The summed E-state index contributed by atoms with van der Waals surface area (Å²) in [6, 6.07) is 17.5. The van der Waals surface area contributed by atoms with Crippen molar-refractivity contribution < 1.29 is 9.59 Å². The molecule has 6 nitrogen and oxygen atoms in total. The van der Waals surface area contributed by atoms with Gasteiger partial charge in [0.25, 0.3) is 11.8 Å². The Bertz CT molecular complexity index is 989. The molecule has 0 fully saturated rings. The fraction of sp³-hybridized carbons (Fsp3) is 0.190. The lowest BCUT2D eigenvalue weighted by molar-refractivity contribution is -0.124. The molecule has 2 aromatic heterocycles. The van der Waals surface area contributed by atoms with Crippen molar-refractivity contribution >= 4 is 29.0 Å². The molecule has 1 unspecified atom stereocenters. The van der Waals surface area contributed by atoms with Gasteiger partial charge < -0.3 is 15.5 Å². The lowest BCUT2D eigenvalue weighted by Gasteiger charge is -2.33. The van der Waals surface area contributed by atoms with Crippen LogP contribution in [-0.4, -0.2) is 41.5 Å². The molecule has 3 heterocycles. The van der Waals surface area contributed by atoms with Gasteiger partial charge in [0.1, 0.15) is 5.82 Å². The minimum Gasteiger partial charge on any atom is -0.352 e. The normalized spacial score (nSPS) is 15.7. The summed E-state index contributed by atoms with van der Waals surface area (Å²) in [4.78, 5) is 32.4. The standard InChI is InChI=1S/C21H20N4O2S/c1-25-19(20(26)22-12-11-14-6-3-2-4-7-14)24-18-15(21(25)27)9-10-16(23-18)17-8-5-13-28-17/h2-10,13,19H,11-12H2,1H3,(H,22,26)(H,23,24). The molecule has 0 bridgehead atoms.